The summed E-state index contributed by atoms with van der Waals surface area (Å²) in [4.78, 5) is 36.9. The molecule has 3 saturated heterocycles. The second kappa shape index (κ2) is 11.5. The number of hydrogen-bond donors (Lipinski definition) is 0. The van der Waals surface area contributed by atoms with E-state index >= 15 is 0 Å². The van der Waals surface area contributed by atoms with Gasteiger partial charge in [0.05, 0.1) is 24.3 Å². The number of pyridine rings is 1. The molecule has 2 bridgehead atoms. The van der Waals surface area contributed by atoms with Crippen LogP contribution in [0.2, 0.25) is 5.15 Å². The molecule has 3 fully saturated rings. The Morgan fingerprint density at radius 3 is 2.50 bits per heavy atom. The maximum absolute atomic E-state index is 13.1. The highest BCUT2D eigenvalue weighted by Crippen LogP contribution is 2.38. The van der Waals surface area contributed by atoms with Crippen molar-refractivity contribution < 1.29 is 14.3 Å². The van der Waals surface area contributed by atoms with Crippen molar-refractivity contribution in [1.29, 1.82) is 0 Å². The topological polar surface area (TPSA) is 87.2 Å². The van der Waals surface area contributed by atoms with Gasteiger partial charge in [-0.25, -0.2) is 9.78 Å². The van der Waals surface area contributed by atoms with Gasteiger partial charge in [-0.15, -0.1) is 0 Å². The van der Waals surface area contributed by atoms with E-state index < -0.39 is 5.60 Å². The average molecular weight is 620 g/mol. The van der Waals surface area contributed by atoms with Crippen molar-refractivity contribution in [3.05, 3.63) is 46.7 Å². The fraction of sp³-hybridized carbons (Fsp3) is 0.576. The number of halogens is 1. The first-order valence-corrected chi connectivity index (χ1v) is 16.3. The van der Waals surface area contributed by atoms with Gasteiger partial charge in [-0.05, 0) is 77.9 Å². The van der Waals surface area contributed by atoms with Gasteiger partial charge in [0.25, 0.3) is 0 Å². The first-order chi connectivity index (χ1) is 21.1. The largest absolute Gasteiger partial charge is 0.462 e. The fourth-order valence-corrected chi connectivity index (χ4v) is 7.53. The summed E-state index contributed by atoms with van der Waals surface area (Å²) < 4.78 is 12.1. The Labute approximate surface area is 264 Å². The Balaban J connectivity index is 1.19. The monoisotopic (exact) mass is 619 g/mol. The molecular weight excluding hydrogens is 578 g/mol. The second-order valence-electron chi connectivity index (χ2n) is 13.7. The lowest BCUT2D eigenvalue weighted by Crippen LogP contribution is -2.57. The van der Waals surface area contributed by atoms with Crippen LogP contribution >= 0.6 is 11.6 Å². The lowest BCUT2D eigenvalue weighted by atomic mass is 10.0. The molecule has 10 nitrogen and oxygen atoms in total. The molecule has 11 heteroatoms. The van der Waals surface area contributed by atoms with Crippen LogP contribution in [0, 0.1) is 0 Å². The molecule has 44 heavy (non-hydrogen) atoms. The van der Waals surface area contributed by atoms with Crippen molar-refractivity contribution in [2.24, 2.45) is 0 Å². The summed E-state index contributed by atoms with van der Waals surface area (Å²) in [6.45, 7) is 10.2. The van der Waals surface area contributed by atoms with E-state index in [4.69, 9.17) is 36.0 Å². The Hall–Kier alpha value is -3.37. The molecule has 6 heterocycles. The number of carbonyl (C=O) groups is 1. The molecule has 0 N–H and O–H groups in total. The van der Waals surface area contributed by atoms with Crippen LogP contribution < -0.4 is 14.5 Å². The molecule has 0 saturated carbocycles. The number of rotatable bonds is 5. The van der Waals surface area contributed by atoms with Gasteiger partial charge in [-0.3, -0.25) is 4.90 Å². The summed E-state index contributed by atoms with van der Waals surface area (Å²) in [5, 5.41) is 2.63. The van der Waals surface area contributed by atoms with Gasteiger partial charge < -0.3 is 24.2 Å². The Kier molecular flexibility index (Phi) is 7.69. The van der Waals surface area contributed by atoms with Crippen LogP contribution in [0.15, 0.2) is 30.3 Å². The molecule has 0 unspecified atom stereocenters. The predicted octanol–water partition coefficient (Wildman–Crippen LogP) is 5.30. The number of likely N-dealkylation sites (N-methyl/N-ethyl adjacent to an activating group) is 1. The molecule has 0 radical (unpaired) electrons. The van der Waals surface area contributed by atoms with E-state index in [-0.39, 0.29) is 18.2 Å². The minimum absolute atomic E-state index is 0.0906. The molecule has 3 aromatic rings. The average Bonchev–Trinajstić information content (AvgIpc) is 3.52. The summed E-state index contributed by atoms with van der Waals surface area (Å²) in [7, 11) is 2.15. The fourth-order valence-electron chi connectivity index (χ4n) is 7.33. The lowest BCUT2D eigenvalue weighted by molar-refractivity contribution is 0.0122. The molecule has 1 aromatic carbocycles. The number of nitrogens with zero attached hydrogens (tertiary/aromatic N) is 7. The van der Waals surface area contributed by atoms with Crippen LogP contribution in [0.25, 0.3) is 10.8 Å². The van der Waals surface area contributed by atoms with Gasteiger partial charge in [-0.2, -0.15) is 9.97 Å². The van der Waals surface area contributed by atoms with Gasteiger partial charge in [0.1, 0.15) is 29.0 Å². The zero-order chi connectivity index (χ0) is 30.6. The number of ether oxygens (including phenoxy) is 2. The van der Waals surface area contributed by atoms with Crippen molar-refractivity contribution in [3.63, 3.8) is 0 Å². The number of aromatic nitrogens is 3. The van der Waals surface area contributed by atoms with Crippen LogP contribution in [0.4, 0.5) is 16.4 Å². The summed E-state index contributed by atoms with van der Waals surface area (Å²) in [6, 6.07) is 11.1. The SMILES string of the molecule is CN1CCC[C@H]1COc1nc2c(c(N3C[C@H]4CC[C@@H](C3)N4C(=O)OC(C)(C)C)n1)CCN(c1nc(Cl)cc3ccccc13)C2. The third-order valence-corrected chi connectivity index (χ3v) is 9.67. The lowest BCUT2D eigenvalue weighted by Gasteiger charge is -2.43. The first-order valence-electron chi connectivity index (χ1n) is 15.9. The normalized spacial score (nSPS) is 23.8. The summed E-state index contributed by atoms with van der Waals surface area (Å²) in [5.74, 6) is 1.81. The van der Waals surface area contributed by atoms with Gasteiger partial charge in [-0.1, -0.05) is 35.9 Å². The predicted molar refractivity (Wildman–Crippen MR) is 172 cm³/mol. The smallest absolute Gasteiger partial charge is 0.410 e. The van der Waals surface area contributed by atoms with E-state index in [2.05, 4.69) is 33.9 Å². The molecular formula is C33H42ClN7O3. The third-order valence-electron chi connectivity index (χ3n) is 9.47. The maximum Gasteiger partial charge on any atom is 0.410 e. The number of likely N-dealkylation sites (tertiary alicyclic amines) is 1. The number of fused-ring (bicyclic) bond motifs is 4. The standard InChI is InChI=1S/C33H42ClN7O3/c1-33(2,3)44-32(42)41-22-11-12-23(41)18-40(17-22)30-26-13-15-39(29-25-10-6-5-8-21(25)16-28(34)36-29)19-27(26)35-31(37-30)43-20-24-9-7-14-38(24)4/h5-6,8,10,16,22-24H,7,9,11-15,17-20H2,1-4H3/t22-,23+,24-/m0/s1. The van der Waals surface area contributed by atoms with E-state index in [0.29, 0.717) is 43.4 Å². The molecule has 4 aliphatic rings. The molecule has 2 aromatic heterocycles. The van der Waals surface area contributed by atoms with Crippen LogP contribution in [-0.4, -0.2) is 94.4 Å². The molecule has 0 aliphatic carbocycles. The highest BCUT2D eigenvalue weighted by Gasteiger charge is 2.45. The van der Waals surface area contributed by atoms with E-state index in [0.717, 1.165) is 72.4 Å². The van der Waals surface area contributed by atoms with E-state index in [1.807, 2.05) is 43.9 Å². The summed E-state index contributed by atoms with van der Waals surface area (Å²) in [6.07, 6.45) is 4.79. The summed E-state index contributed by atoms with van der Waals surface area (Å²) >= 11 is 6.48. The highest BCUT2D eigenvalue weighted by molar-refractivity contribution is 6.30. The number of hydrogen-bond acceptors (Lipinski definition) is 9. The molecule has 234 valence electrons. The molecule has 7 rings (SSSR count). The van der Waals surface area contributed by atoms with Gasteiger partial charge >= 0.3 is 12.1 Å². The number of benzene rings is 1. The number of carbonyl (C=O) groups excluding carboxylic acids is 1. The van der Waals surface area contributed by atoms with Crippen molar-refractivity contribution in [1.82, 2.24) is 24.8 Å². The molecule has 3 atom stereocenters. The Morgan fingerprint density at radius 1 is 1.00 bits per heavy atom. The quantitative estimate of drug-likeness (QED) is 0.353. The first kappa shape index (κ1) is 29.3. The van der Waals surface area contributed by atoms with Crippen LogP contribution in [0.5, 0.6) is 6.01 Å². The number of piperazine rings is 1. The highest BCUT2D eigenvalue weighted by atomic mass is 35.5. The third kappa shape index (κ3) is 5.74. The second-order valence-corrected chi connectivity index (χ2v) is 14.1. The van der Waals surface area contributed by atoms with Crippen molar-refractivity contribution in [3.8, 4) is 6.01 Å². The van der Waals surface area contributed by atoms with Crippen molar-refractivity contribution >= 4 is 40.1 Å². The van der Waals surface area contributed by atoms with E-state index in [1.54, 1.807) is 0 Å². The number of amides is 1. The van der Waals surface area contributed by atoms with Crippen LogP contribution in [-0.2, 0) is 17.7 Å². The number of anilines is 2. The van der Waals surface area contributed by atoms with Crippen LogP contribution in [0.1, 0.15) is 57.7 Å². The molecule has 4 aliphatic heterocycles. The van der Waals surface area contributed by atoms with Crippen molar-refractivity contribution in [2.45, 2.75) is 83.1 Å². The Morgan fingerprint density at radius 2 is 1.77 bits per heavy atom. The summed E-state index contributed by atoms with van der Waals surface area (Å²) in [5.41, 5.74) is 1.60. The van der Waals surface area contributed by atoms with Gasteiger partial charge in [0.15, 0.2) is 0 Å². The maximum atomic E-state index is 13.1. The van der Waals surface area contributed by atoms with E-state index in [1.165, 1.54) is 6.42 Å². The minimum Gasteiger partial charge on any atom is -0.462 e. The van der Waals surface area contributed by atoms with Gasteiger partial charge in [0, 0.05) is 36.6 Å². The van der Waals surface area contributed by atoms with Crippen molar-refractivity contribution in [2.75, 3.05) is 49.6 Å². The van der Waals surface area contributed by atoms with E-state index in [9.17, 15) is 4.79 Å². The Bertz CT molecular complexity index is 1550. The minimum atomic E-state index is -0.520. The van der Waals surface area contributed by atoms with Gasteiger partial charge in [0.2, 0.25) is 0 Å². The zero-order valence-electron chi connectivity index (χ0n) is 26.1. The molecule has 1 amide bonds. The molecule has 0 spiro atoms. The van der Waals surface area contributed by atoms with Crippen LogP contribution in [0.3, 0.4) is 0 Å². The zero-order valence-corrected chi connectivity index (χ0v) is 26.9.